The summed E-state index contributed by atoms with van der Waals surface area (Å²) >= 11 is 12.2. The fourth-order valence-electron chi connectivity index (χ4n) is 2.44. The molecule has 1 saturated heterocycles. The van der Waals surface area contributed by atoms with Gasteiger partial charge in [-0.15, -0.1) is 0 Å². The van der Waals surface area contributed by atoms with Crippen molar-refractivity contribution in [2.75, 3.05) is 36.0 Å². The van der Waals surface area contributed by atoms with E-state index in [0.29, 0.717) is 15.6 Å². The van der Waals surface area contributed by atoms with Gasteiger partial charge < -0.3 is 9.80 Å². The van der Waals surface area contributed by atoms with Crippen LogP contribution >= 0.6 is 23.2 Å². The van der Waals surface area contributed by atoms with Crippen LogP contribution in [-0.4, -0.2) is 36.1 Å². The Balaban J connectivity index is 1.71. The zero-order chi connectivity index (χ0) is 15.5. The van der Waals surface area contributed by atoms with Crippen molar-refractivity contribution in [3.63, 3.8) is 0 Å². The summed E-state index contributed by atoms with van der Waals surface area (Å²) < 4.78 is 0. The Kier molecular flexibility index (Phi) is 4.32. The number of anilines is 2. The van der Waals surface area contributed by atoms with Crippen molar-refractivity contribution in [3.05, 3.63) is 46.2 Å². The van der Waals surface area contributed by atoms with Crippen LogP contribution in [0.4, 0.5) is 11.6 Å². The fraction of sp³-hybridized carbons (Fsp3) is 0.267. The van der Waals surface area contributed by atoms with Crippen molar-refractivity contribution in [1.29, 1.82) is 5.26 Å². The smallest absolute Gasteiger partial charge is 0.147 e. The first-order valence-electron chi connectivity index (χ1n) is 6.84. The Morgan fingerprint density at radius 1 is 1.05 bits per heavy atom. The topological polar surface area (TPSA) is 56.1 Å². The third kappa shape index (κ3) is 3.08. The molecule has 3 heterocycles. The zero-order valence-corrected chi connectivity index (χ0v) is 13.2. The summed E-state index contributed by atoms with van der Waals surface area (Å²) in [5.74, 6) is 1.60. The van der Waals surface area contributed by atoms with Gasteiger partial charge >= 0.3 is 0 Å². The number of hydrogen-bond acceptors (Lipinski definition) is 5. The predicted octanol–water partition coefficient (Wildman–Crippen LogP) is 2.98. The summed E-state index contributed by atoms with van der Waals surface area (Å²) in [4.78, 5) is 12.9. The SMILES string of the molecule is N#Cc1cnc(N2CCN(c3cc(Cl)ccn3)CC2)c(Cl)c1. The molecular formula is C15H13Cl2N5. The highest BCUT2D eigenvalue weighted by Gasteiger charge is 2.21. The van der Waals surface area contributed by atoms with E-state index in [0.717, 1.165) is 37.8 Å². The summed E-state index contributed by atoms with van der Waals surface area (Å²) in [5, 5.41) is 10.1. The molecule has 5 nitrogen and oxygen atoms in total. The Labute approximate surface area is 138 Å². The molecular weight excluding hydrogens is 321 g/mol. The van der Waals surface area contributed by atoms with Crippen molar-refractivity contribution in [2.45, 2.75) is 0 Å². The lowest BCUT2D eigenvalue weighted by Crippen LogP contribution is -2.47. The first-order valence-corrected chi connectivity index (χ1v) is 7.60. The van der Waals surface area contributed by atoms with E-state index in [2.05, 4.69) is 19.8 Å². The first kappa shape index (κ1) is 14.9. The summed E-state index contributed by atoms with van der Waals surface area (Å²) in [7, 11) is 0. The van der Waals surface area contributed by atoms with E-state index < -0.39 is 0 Å². The lowest BCUT2D eigenvalue weighted by Gasteiger charge is -2.36. The molecule has 0 aromatic carbocycles. The second-order valence-corrected chi connectivity index (χ2v) is 5.79. The van der Waals surface area contributed by atoms with E-state index in [1.807, 2.05) is 12.1 Å². The van der Waals surface area contributed by atoms with Crippen molar-refractivity contribution < 1.29 is 0 Å². The molecule has 0 amide bonds. The molecule has 22 heavy (non-hydrogen) atoms. The van der Waals surface area contributed by atoms with Gasteiger partial charge in [-0.05, 0) is 18.2 Å². The molecule has 112 valence electrons. The molecule has 1 aliphatic heterocycles. The number of piperazine rings is 1. The number of pyridine rings is 2. The molecule has 3 rings (SSSR count). The van der Waals surface area contributed by atoms with E-state index in [9.17, 15) is 0 Å². The molecule has 0 aliphatic carbocycles. The molecule has 0 radical (unpaired) electrons. The maximum atomic E-state index is 8.86. The van der Waals surface area contributed by atoms with Crippen LogP contribution in [0.15, 0.2) is 30.6 Å². The van der Waals surface area contributed by atoms with Crippen LogP contribution in [0.25, 0.3) is 0 Å². The van der Waals surface area contributed by atoms with Gasteiger partial charge in [0.1, 0.15) is 17.7 Å². The van der Waals surface area contributed by atoms with Crippen molar-refractivity contribution in [3.8, 4) is 6.07 Å². The monoisotopic (exact) mass is 333 g/mol. The van der Waals surface area contributed by atoms with Crippen LogP contribution in [0.1, 0.15) is 5.56 Å². The molecule has 7 heteroatoms. The second kappa shape index (κ2) is 6.39. The van der Waals surface area contributed by atoms with E-state index in [4.69, 9.17) is 28.5 Å². The van der Waals surface area contributed by atoms with Crippen LogP contribution < -0.4 is 9.80 Å². The van der Waals surface area contributed by atoms with Crippen LogP contribution in [0.3, 0.4) is 0 Å². The van der Waals surface area contributed by atoms with Gasteiger partial charge in [-0.1, -0.05) is 23.2 Å². The minimum Gasteiger partial charge on any atom is -0.353 e. The largest absolute Gasteiger partial charge is 0.353 e. The number of nitriles is 1. The van der Waals surface area contributed by atoms with Crippen LogP contribution in [0.5, 0.6) is 0 Å². The normalized spacial score (nSPS) is 14.8. The Morgan fingerprint density at radius 3 is 2.41 bits per heavy atom. The molecule has 2 aromatic rings. The number of halogens is 2. The van der Waals surface area contributed by atoms with Crippen LogP contribution in [-0.2, 0) is 0 Å². The summed E-state index contributed by atoms with van der Waals surface area (Å²) in [6.07, 6.45) is 3.26. The molecule has 1 fully saturated rings. The molecule has 0 N–H and O–H groups in total. The highest BCUT2D eigenvalue weighted by molar-refractivity contribution is 6.33. The fourth-order valence-corrected chi connectivity index (χ4v) is 2.88. The number of aromatic nitrogens is 2. The highest BCUT2D eigenvalue weighted by atomic mass is 35.5. The minimum atomic E-state index is 0.468. The average molecular weight is 334 g/mol. The average Bonchev–Trinajstić information content (AvgIpc) is 2.55. The Morgan fingerprint density at radius 2 is 1.77 bits per heavy atom. The van der Waals surface area contributed by atoms with Crippen molar-refractivity contribution in [1.82, 2.24) is 9.97 Å². The molecule has 1 aliphatic rings. The molecule has 0 unspecified atom stereocenters. The molecule has 0 atom stereocenters. The van der Waals surface area contributed by atoms with Gasteiger partial charge in [-0.25, -0.2) is 9.97 Å². The lowest BCUT2D eigenvalue weighted by atomic mass is 10.2. The minimum absolute atomic E-state index is 0.468. The number of hydrogen-bond donors (Lipinski definition) is 0. The molecule has 2 aromatic heterocycles. The third-order valence-electron chi connectivity index (χ3n) is 3.56. The van der Waals surface area contributed by atoms with E-state index >= 15 is 0 Å². The predicted molar refractivity (Wildman–Crippen MR) is 87.6 cm³/mol. The van der Waals surface area contributed by atoms with Crippen molar-refractivity contribution >= 4 is 34.8 Å². The van der Waals surface area contributed by atoms with Crippen LogP contribution in [0, 0.1) is 11.3 Å². The summed E-state index contributed by atoms with van der Waals surface area (Å²) in [6.45, 7) is 3.19. The first-order chi connectivity index (χ1) is 10.7. The van der Waals surface area contributed by atoms with Gasteiger partial charge in [0.15, 0.2) is 0 Å². The van der Waals surface area contributed by atoms with Gasteiger partial charge in [0.05, 0.1) is 10.6 Å². The highest BCUT2D eigenvalue weighted by Crippen LogP contribution is 2.26. The quantitative estimate of drug-likeness (QED) is 0.845. The number of nitrogens with zero attached hydrogens (tertiary/aromatic N) is 5. The molecule has 0 saturated carbocycles. The van der Waals surface area contributed by atoms with Gasteiger partial charge in [0, 0.05) is 43.6 Å². The van der Waals surface area contributed by atoms with E-state index in [1.165, 1.54) is 0 Å². The van der Waals surface area contributed by atoms with Crippen molar-refractivity contribution in [2.24, 2.45) is 0 Å². The maximum Gasteiger partial charge on any atom is 0.147 e. The van der Waals surface area contributed by atoms with Crippen LogP contribution in [0.2, 0.25) is 10.0 Å². The summed E-state index contributed by atoms with van der Waals surface area (Å²) in [5.41, 5.74) is 0.468. The maximum absolute atomic E-state index is 8.86. The van der Waals surface area contributed by atoms with E-state index in [-0.39, 0.29) is 0 Å². The Bertz CT molecular complexity index is 720. The third-order valence-corrected chi connectivity index (χ3v) is 4.07. The van der Waals surface area contributed by atoms with E-state index in [1.54, 1.807) is 24.5 Å². The number of rotatable bonds is 2. The Hall–Kier alpha value is -2.03. The van der Waals surface area contributed by atoms with Gasteiger partial charge in [0.2, 0.25) is 0 Å². The molecule has 0 bridgehead atoms. The summed E-state index contributed by atoms with van der Waals surface area (Å²) in [6, 6.07) is 7.32. The standard InChI is InChI=1S/C15H13Cl2N5/c16-12-1-2-19-14(8-12)21-3-5-22(6-4-21)15-13(17)7-11(9-18)10-20-15/h1-2,7-8,10H,3-6H2. The second-order valence-electron chi connectivity index (χ2n) is 4.95. The lowest BCUT2D eigenvalue weighted by molar-refractivity contribution is 0.642. The van der Waals surface area contributed by atoms with Gasteiger partial charge in [0.25, 0.3) is 0 Å². The van der Waals surface area contributed by atoms with Gasteiger partial charge in [-0.3, -0.25) is 0 Å². The zero-order valence-electron chi connectivity index (χ0n) is 11.7. The van der Waals surface area contributed by atoms with Gasteiger partial charge in [-0.2, -0.15) is 5.26 Å². The molecule has 0 spiro atoms.